The van der Waals surface area contributed by atoms with Crippen LogP contribution in [0.5, 0.6) is 5.75 Å². The largest absolute Gasteiger partial charge is 0.486 e. The average molecular weight is 516 g/mol. The fourth-order valence-corrected chi connectivity index (χ4v) is 5.10. The molecule has 0 fully saturated rings. The third-order valence-corrected chi connectivity index (χ3v) is 6.72. The standard InChI is InChI=1S/C23H13ClF3N5O2S/c1-10-6-15(20(26)27)29-23-17(10)18-19(35-23)22-30-21(31-32(22)9-28-18)16-5-3-12(34-16)8-33-11-2-4-14(25)13(24)7-11/h2-7,9,20H,8H2,1H3. The third-order valence-electron chi connectivity index (χ3n) is 5.36. The van der Waals surface area contributed by atoms with Crippen molar-refractivity contribution in [2.24, 2.45) is 0 Å². The first-order valence-electron chi connectivity index (χ1n) is 10.3. The molecule has 0 unspecified atom stereocenters. The molecule has 0 saturated carbocycles. The minimum atomic E-state index is -2.66. The van der Waals surface area contributed by atoms with E-state index in [0.29, 0.717) is 49.4 Å². The lowest BCUT2D eigenvalue weighted by molar-refractivity contribution is 0.146. The number of hydrogen-bond donors (Lipinski definition) is 0. The zero-order valence-corrected chi connectivity index (χ0v) is 19.4. The summed E-state index contributed by atoms with van der Waals surface area (Å²) in [6.45, 7) is 1.85. The number of aryl methyl sites for hydroxylation is 1. The van der Waals surface area contributed by atoms with Crippen molar-refractivity contribution in [3.8, 4) is 17.3 Å². The van der Waals surface area contributed by atoms with Crippen LogP contribution < -0.4 is 4.74 Å². The number of rotatable bonds is 5. The van der Waals surface area contributed by atoms with Gasteiger partial charge in [0.05, 0.1) is 10.5 Å². The number of hydrogen-bond acceptors (Lipinski definition) is 7. The zero-order chi connectivity index (χ0) is 24.3. The predicted molar refractivity (Wildman–Crippen MR) is 125 cm³/mol. The van der Waals surface area contributed by atoms with Gasteiger partial charge in [-0.2, -0.15) is 0 Å². The molecule has 12 heteroatoms. The smallest absolute Gasteiger partial charge is 0.280 e. The highest BCUT2D eigenvalue weighted by Gasteiger charge is 2.20. The topological polar surface area (TPSA) is 78.3 Å². The molecule has 0 saturated heterocycles. The average Bonchev–Trinajstić information content (AvgIpc) is 3.55. The molecule has 0 N–H and O–H groups in total. The first-order chi connectivity index (χ1) is 16.9. The highest BCUT2D eigenvalue weighted by Crippen LogP contribution is 2.37. The molecule has 0 aliphatic heterocycles. The summed E-state index contributed by atoms with van der Waals surface area (Å²) in [4.78, 5) is 13.7. The van der Waals surface area contributed by atoms with Gasteiger partial charge in [-0.1, -0.05) is 11.6 Å². The van der Waals surface area contributed by atoms with E-state index < -0.39 is 12.2 Å². The second-order valence-corrected chi connectivity index (χ2v) is 9.11. The molecule has 0 aliphatic rings. The van der Waals surface area contributed by atoms with Crippen molar-refractivity contribution in [3.05, 3.63) is 70.6 Å². The van der Waals surface area contributed by atoms with Crippen LogP contribution in [0.15, 0.2) is 47.1 Å². The summed E-state index contributed by atoms with van der Waals surface area (Å²) >= 11 is 7.02. The SMILES string of the molecule is Cc1cc(C(F)F)nc2sc3c(ncn4nc(-c5ccc(COc6ccc(F)c(Cl)c6)o5)nc34)c12. The molecule has 0 amide bonds. The number of pyridine rings is 1. The van der Waals surface area contributed by atoms with Crippen LogP contribution in [0.1, 0.15) is 23.4 Å². The van der Waals surface area contributed by atoms with Gasteiger partial charge in [-0.3, -0.25) is 0 Å². The number of benzene rings is 1. The van der Waals surface area contributed by atoms with Gasteiger partial charge in [-0.25, -0.2) is 32.6 Å². The third kappa shape index (κ3) is 3.76. The summed E-state index contributed by atoms with van der Waals surface area (Å²) in [7, 11) is 0. The Bertz CT molecular complexity index is 1750. The van der Waals surface area contributed by atoms with Crippen molar-refractivity contribution in [2.75, 3.05) is 0 Å². The van der Waals surface area contributed by atoms with Gasteiger partial charge in [0.2, 0.25) is 5.82 Å². The van der Waals surface area contributed by atoms with Gasteiger partial charge in [0.25, 0.3) is 6.43 Å². The maximum atomic E-state index is 13.3. The highest BCUT2D eigenvalue weighted by molar-refractivity contribution is 7.26. The maximum Gasteiger partial charge on any atom is 0.280 e. The Balaban J connectivity index is 1.34. The molecular formula is C23H13ClF3N5O2S. The number of furan rings is 1. The van der Waals surface area contributed by atoms with E-state index in [1.807, 2.05) is 0 Å². The molecule has 35 heavy (non-hydrogen) atoms. The molecule has 176 valence electrons. The van der Waals surface area contributed by atoms with Crippen LogP contribution in [0.3, 0.4) is 0 Å². The number of ether oxygens (including phenoxy) is 1. The second-order valence-electron chi connectivity index (χ2n) is 7.70. The van der Waals surface area contributed by atoms with Gasteiger partial charge in [-0.05, 0) is 42.8 Å². The van der Waals surface area contributed by atoms with Crippen LogP contribution in [-0.2, 0) is 6.61 Å². The summed E-state index contributed by atoms with van der Waals surface area (Å²) in [6.07, 6.45) is -1.14. The van der Waals surface area contributed by atoms with E-state index in [1.165, 1.54) is 46.4 Å². The Morgan fingerprint density at radius 1 is 1.17 bits per heavy atom. The van der Waals surface area contributed by atoms with E-state index in [-0.39, 0.29) is 17.3 Å². The Labute approximate surface area is 203 Å². The van der Waals surface area contributed by atoms with Gasteiger partial charge in [-0.15, -0.1) is 16.4 Å². The molecule has 6 aromatic rings. The lowest BCUT2D eigenvalue weighted by atomic mass is 10.1. The molecule has 0 bridgehead atoms. The number of thiophene rings is 1. The van der Waals surface area contributed by atoms with E-state index >= 15 is 0 Å². The fourth-order valence-electron chi connectivity index (χ4n) is 3.75. The normalized spacial score (nSPS) is 11.9. The summed E-state index contributed by atoms with van der Waals surface area (Å²) in [6, 6.07) is 8.89. The molecule has 1 aromatic carbocycles. The van der Waals surface area contributed by atoms with Crippen LogP contribution in [0.4, 0.5) is 13.2 Å². The minimum absolute atomic E-state index is 0.0338. The van der Waals surface area contributed by atoms with E-state index in [2.05, 4.69) is 20.1 Å². The number of alkyl halides is 2. The summed E-state index contributed by atoms with van der Waals surface area (Å²) < 4.78 is 53.4. The Hall–Kier alpha value is -3.70. The van der Waals surface area contributed by atoms with Gasteiger partial charge in [0, 0.05) is 11.5 Å². The van der Waals surface area contributed by atoms with Crippen LogP contribution in [0.25, 0.3) is 37.7 Å². The van der Waals surface area contributed by atoms with Crippen molar-refractivity contribution in [1.29, 1.82) is 0 Å². The molecule has 5 heterocycles. The van der Waals surface area contributed by atoms with Crippen LogP contribution in [-0.4, -0.2) is 24.6 Å². The molecule has 7 nitrogen and oxygen atoms in total. The molecule has 5 aromatic heterocycles. The first-order valence-corrected chi connectivity index (χ1v) is 11.5. The maximum absolute atomic E-state index is 13.3. The van der Waals surface area contributed by atoms with E-state index in [9.17, 15) is 13.2 Å². The van der Waals surface area contributed by atoms with Crippen molar-refractivity contribution >= 4 is 49.0 Å². The molecule has 0 radical (unpaired) electrons. The molecule has 0 aliphatic carbocycles. The number of halogens is 4. The van der Waals surface area contributed by atoms with Crippen LogP contribution in [0.2, 0.25) is 5.02 Å². The Morgan fingerprint density at radius 2 is 2.03 bits per heavy atom. The Morgan fingerprint density at radius 3 is 2.83 bits per heavy atom. The summed E-state index contributed by atoms with van der Waals surface area (Å²) in [5.74, 6) is 1.11. The van der Waals surface area contributed by atoms with Crippen molar-refractivity contribution in [3.63, 3.8) is 0 Å². The molecular weight excluding hydrogens is 503 g/mol. The summed E-state index contributed by atoms with van der Waals surface area (Å²) in [5, 5.41) is 5.13. The van der Waals surface area contributed by atoms with Gasteiger partial charge in [0.15, 0.2) is 11.4 Å². The van der Waals surface area contributed by atoms with Crippen LogP contribution >= 0.6 is 22.9 Å². The second kappa shape index (κ2) is 8.21. The quantitative estimate of drug-likeness (QED) is 0.252. The lowest BCUT2D eigenvalue weighted by Gasteiger charge is -2.04. The Kier molecular flexibility index (Phi) is 5.11. The zero-order valence-electron chi connectivity index (χ0n) is 17.8. The van der Waals surface area contributed by atoms with Gasteiger partial charge >= 0.3 is 0 Å². The van der Waals surface area contributed by atoms with Gasteiger partial charge < -0.3 is 9.15 Å². The van der Waals surface area contributed by atoms with E-state index in [1.54, 1.807) is 19.1 Å². The van der Waals surface area contributed by atoms with Crippen molar-refractivity contribution in [2.45, 2.75) is 20.0 Å². The van der Waals surface area contributed by atoms with Crippen molar-refractivity contribution in [1.82, 2.24) is 24.6 Å². The van der Waals surface area contributed by atoms with Crippen LogP contribution in [0, 0.1) is 12.7 Å². The monoisotopic (exact) mass is 515 g/mol. The number of aromatic nitrogens is 5. The van der Waals surface area contributed by atoms with E-state index in [0.717, 1.165) is 5.39 Å². The highest BCUT2D eigenvalue weighted by atomic mass is 35.5. The summed E-state index contributed by atoms with van der Waals surface area (Å²) in [5.41, 5.74) is 1.55. The van der Waals surface area contributed by atoms with E-state index in [4.69, 9.17) is 20.8 Å². The fraction of sp³-hybridized carbons (Fsp3) is 0.130. The van der Waals surface area contributed by atoms with Gasteiger partial charge in [0.1, 0.15) is 45.5 Å². The lowest BCUT2D eigenvalue weighted by Crippen LogP contribution is -1.94. The minimum Gasteiger partial charge on any atom is -0.486 e. The predicted octanol–water partition coefficient (Wildman–Crippen LogP) is 6.76. The molecule has 0 spiro atoms. The first kappa shape index (κ1) is 21.8. The molecule has 6 rings (SSSR count). The number of nitrogens with zero attached hydrogens (tertiary/aromatic N) is 5. The van der Waals surface area contributed by atoms with Crippen molar-refractivity contribution < 1.29 is 22.3 Å². The molecule has 0 atom stereocenters. The number of fused-ring (bicyclic) bond motifs is 5.